The third-order valence-electron chi connectivity index (χ3n) is 9.77. The Morgan fingerprint density at radius 1 is 0.380 bits per heavy atom. The molecule has 0 aliphatic heterocycles. The zero-order valence-electron chi connectivity index (χ0n) is 27.0. The molecular formula is C46H29N3O. The Kier molecular flexibility index (Phi) is 6.53. The zero-order chi connectivity index (χ0) is 33.0. The van der Waals surface area contributed by atoms with Gasteiger partial charge in [0.05, 0.1) is 5.56 Å². The lowest BCUT2D eigenvalue weighted by Crippen LogP contribution is -2.01. The van der Waals surface area contributed by atoms with Crippen molar-refractivity contribution in [2.45, 2.75) is 6.42 Å². The van der Waals surface area contributed by atoms with Crippen molar-refractivity contribution in [1.82, 2.24) is 15.0 Å². The molecule has 0 amide bonds. The molecule has 1 aliphatic carbocycles. The molecule has 2 heterocycles. The van der Waals surface area contributed by atoms with E-state index in [4.69, 9.17) is 19.4 Å². The van der Waals surface area contributed by atoms with E-state index < -0.39 is 0 Å². The predicted molar refractivity (Wildman–Crippen MR) is 203 cm³/mol. The minimum Gasteiger partial charge on any atom is -0.455 e. The second-order valence-electron chi connectivity index (χ2n) is 12.8. The Labute approximate surface area is 289 Å². The minimum atomic E-state index is 0.577. The molecule has 50 heavy (non-hydrogen) atoms. The maximum absolute atomic E-state index is 6.48. The number of hydrogen-bond acceptors (Lipinski definition) is 4. The van der Waals surface area contributed by atoms with E-state index in [1.807, 2.05) is 30.3 Å². The lowest BCUT2D eigenvalue weighted by Gasteiger charge is -2.13. The molecule has 0 fully saturated rings. The van der Waals surface area contributed by atoms with Crippen LogP contribution >= 0.6 is 0 Å². The van der Waals surface area contributed by atoms with Crippen molar-refractivity contribution in [2.24, 2.45) is 0 Å². The van der Waals surface area contributed by atoms with Crippen LogP contribution in [-0.2, 0) is 6.42 Å². The van der Waals surface area contributed by atoms with E-state index in [1.165, 1.54) is 33.4 Å². The predicted octanol–water partition coefficient (Wildman–Crippen LogP) is 11.7. The molecule has 7 aromatic carbocycles. The van der Waals surface area contributed by atoms with E-state index >= 15 is 0 Å². The van der Waals surface area contributed by atoms with E-state index in [1.54, 1.807) is 0 Å². The van der Waals surface area contributed by atoms with E-state index in [0.29, 0.717) is 17.5 Å². The second kappa shape index (κ2) is 11.5. The number of hydrogen-bond donors (Lipinski definition) is 0. The monoisotopic (exact) mass is 639 g/mol. The first-order valence-electron chi connectivity index (χ1n) is 16.9. The van der Waals surface area contributed by atoms with Gasteiger partial charge in [0, 0.05) is 21.9 Å². The van der Waals surface area contributed by atoms with Crippen molar-refractivity contribution in [1.29, 1.82) is 0 Å². The highest BCUT2D eigenvalue weighted by Gasteiger charge is 2.25. The van der Waals surface area contributed by atoms with Gasteiger partial charge in [-0.05, 0) is 75.2 Å². The van der Waals surface area contributed by atoms with Gasteiger partial charge in [0.25, 0.3) is 0 Å². The lowest BCUT2D eigenvalue weighted by atomic mass is 9.95. The lowest BCUT2D eigenvalue weighted by molar-refractivity contribution is 0.669. The molecule has 0 N–H and O–H groups in total. The SMILES string of the molecule is c1ccc(-c2cccc(-c3nc(-c4cccc5c4-c4cc(-c6ccccc6)ccc4C5)nc(-c4cccc5c4oc4ccccc45)n3)c2)cc1. The topological polar surface area (TPSA) is 51.8 Å². The Bertz CT molecular complexity index is 2730. The van der Waals surface area contributed by atoms with Crippen molar-refractivity contribution in [3.05, 3.63) is 175 Å². The van der Waals surface area contributed by atoms with Crippen LogP contribution in [0.15, 0.2) is 168 Å². The summed E-state index contributed by atoms with van der Waals surface area (Å²) >= 11 is 0. The highest BCUT2D eigenvalue weighted by atomic mass is 16.3. The summed E-state index contributed by atoms with van der Waals surface area (Å²) in [4.78, 5) is 15.6. The zero-order valence-corrected chi connectivity index (χ0v) is 27.0. The molecule has 0 radical (unpaired) electrons. The van der Waals surface area contributed by atoms with Gasteiger partial charge in [-0.25, -0.2) is 15.0 Å². The van der Waals surface area contributed by atoms with Crippen LogP contribution in [-0.4, -0.2) is 15.0 Å². The van der Waals surface area contributed by atoms with Crippen molar-refractivity contribution < 1.29 is 4.42 Å². The van der Waals surface area contributed by atoms with E-state index in [-0.39, 0.29) is 0 Å². The molecule has 0 atom stereocenters. The van der Waals surface area contributed by atoms with Gasteiger partial charge in [-0.1, -0.05) is 140 Å². The fraction of sp³-hybridized carbons (Fsp3) is 0.0217. The van der Waals surface area contributed by atoms with E-state index in [9.17, 15) is 0 Å². The second-order valence-corrected chi connectivity index (χ2v) is 12.8. The molecule has 4 heteroatoms. The minimum absolute atomic E-state index is 0.577. The highest BCUT2D eigenvalue weighted by molar-refractivity contribution is 6.09. The fourth-order valence-electron chi connectivity index (χ4n) is 7.37. The van der Waals surface area contributed by atoms with E-state index in [2.05, 4.69) is 133 Å². The van der Waals surface area contributed by atoms with Crippen LogP contribution in [0.3, 0.4) is 0 Å². The average molecular weight is 640 g/mol. The summed E-state index contributed by atoms with van der Waals surface area (Å²) in [6.07, 6.45) is 0.871. The first kappa shape index (κ1) is 28.4. The van der Waals surface area contributed by atoms with Gasteiger partial charge in [0.1, 0.15) is 11.2 Å². The largest absolute Gasteiger partial charge is 0.455 e. The van der Waals surface area contributed by atoms with Crippen LogP contribution < -0.4 is 0 Å². The summed E-state index contributed by atoms with van der Waals surface area (Å²) in [7, 11) is 0. The molecule has 0 bridgehead atoms. The van der Waals surface area contributed by atoms with Crippen molar-refractivity contribution in [3.8, 4) is 67.5 Å². The van der Waals surface area contributed by atoms with E-state index in [0.717, 1.165) is 56.2 Å². The van der Waals surface area contributed by atoms with Crippen molar-refractivity contribution >= 4 is 21.9 Å². The molecule has 234 valence electrons. The maximum atomic E-state index is 6.48. The molecule has 2 aromatic heterocycles. The Morgan fingerprint density at radius 2 is 0.980 bits per heavy atom. The van der Waals surface area contributed by atoms with Crippen molar-refractivity contribution in [2.75, 3.05) is 0 Å². The number of aromatic nitrogens is 3. The van der Waals surface area contributed by atoms with Gasteiger partial charge in [-0.3, -0.25) is 0 Å². The summed E-state index contributed by atoms with van der Waals surface area (Å²) in [5, 5.41) is 2.11. The molecule has 1 aliphatic rings. The van der Waals surface area contributed by atoms with Crippen LogP contribution in [0.25, 0.3) is 89.5 Å². The molecule has 0 saturated heterocycles. The third-order valence-corrected chi connectivity index (χ3v) is 9.77. The summed E-state index contributed by atoms with van der Waals surface area (Å²) in [5.74, 6) is 1.83. The van der Waals surface area contributed by atoms with Crippen LogP contribution in [0.5, 0.6) is 0 Å². The van der Waals surface area contributed by atoms with Gasteiger partial charge >= 0.3 is 0 Å². The summed E-state index contributed by atoms with van der Waals surface area (Å²) < 4.78 is 6.48. The standard InChI is InChI=1S/C46H29N3O/c1-3-12-29(13-4-1)31-16-9-18-35(26-31)44-47-45(49-46(48-44)39-22-11-20-37-36-19-7-8-23-41(36)50-43(37)39)38-21-10-17-34-27-33-25-24-32(28-40(33)42(34)38)30-14-5-2-6-15-30/h1-26,28H,27H2. The van der Waals surface area contributed by atoms with Crippen LogP contribution in [0.2, 0.25) is 0 Å². The van der Waals surface area contributed by atoms with Gasteiger partial charge < -0.3 is 4.42 Å². The average Bonchev–Trinajstić information content (AvgIpc) is 3.77. The molecular weight excluding hydrogens is 611 g/mol. The maximum Gasteiger partial charge on any atom is 0.167 e. The number of furan rings is 1. The fourth-order valence-corrected chi connectivity index (χ4v) is 7.37. The smallest absolute Gasteiger partial charge is 0.167 e. The number of benzene rings is 7. The summed E-state index contributed by atoms with van der Waals surface area (Å²) in [6, 6.07) is 57.1. The van der Waals surface area contributed by atoms with Gasteiger partial charge in [0.2, 0.25) is 0 Å². The van der Waals surface area contributed by atoms with Gasteiger partial charge in [-0.15, -0.1) is 0 Å². The molecule has 4 nitrogen and oxygen atoms in total. The summed E-state index contributed by atoms with van der Waals surface area (Å²) in [6.45, 7) is 0. The first-order chi connectivity index (χ1) is 24.8. The molecule has 0 spiro atoms. The number of rotatable bonds is 5. The normalized spacial score (nSPS) is 11.9. The number of nitrogens with zero attached hydrogens (tertiary/aromatic N) is 3. The van der Waals surface area contributed by atoms with Crippen LogP contribution in [0.1, 0.15) is 11.1 Å². The Hall–Kier alpha value is -6.65. The highest BCUT2D eigenvalue weighted by Crippen LogP contribution is 2.44. The molecule has 0 saturated carbocycles. The Balaban J connectivity index is 1.20. The van der Waals surface area contributed by atoms with Gasteiger partial charge in [-0.2, -0.15) is 0 Å². The quantitative estimate of drug-likeness (QED) is 0.188. The molecule has 10 rings (SSSR count). The third kappa shape index (κ3) is 4.73. The van der Waals surface area contributed by atoms with Crippen LogP contribution in [0.4, 0.5) is 0 Å². The molecule has 9 aromatic rings. The Morgan fingerprint density at radius 3 is 1.80 bits per heavy atom. The van der Waals surface area contributed by atoms with Crippen LogP contribution in [0, 0.1) is 0 Å². The number of para-hydroxylation sites is 2. The first-order valence-corrected chi connectivity index (χ1v) is 16.9. The number of fused-ring (bicyclic) bond motifs is 6. The summed E-state index contributed by atoms with van der Waals surface area (Å²) in [5.41, 5.74) is 14.0. The van der Waals surface area contributed by atoms with Crippen molar-refractivity contribution in [3.63, 3.8) is 0 Å². The molecule has 0 unspecified atom stereocenters. The van der Waals surface area contributed by atoms with Gasteiger partial charge in [0.15, 0.2) is 17.5 Å².